The first kappa shape index (κ1) is 7.39. The van der Waals surface area contributed by atoms with Gasteiger partial charge in [0, 0.05) is 0 Å². The lowest BCUT2D eigenvalue weighted by Gasteiger charge is -2.07. The highest BCUT2D eigenvalue weighted by molar-refractivity contribution is 5.25. The average Bonchev–Trinajstić information content (AvgIpc) is 2.64. The quantitative estimate of drug-likeness (QED) is 0.527. The van der Waals surface area contributed by atoms with Crippen molar-refractivity contribution in [2.45, 2.75) is 51.9 Å². The summed E-state index contributed by atoms with van der Waals surface area (Å²) >= 11 is 0. The topological polar surface area (TPSA) is 0 Å². The van der Waals surface area contributed by atoms with E-state index >= 15 is 0 Å². The van der Waals surface area contributed by atoms with Crippen LogP contribution in [-0.4, -0.2) is 0 Å². The molecule has 0 amide bonds. The fraction of sp³-hybridized carbons (Fsp3) is 0.818. The second-order valence-corrected chi connectivity index (χ2v) is 4.15. The summed E-state index contributed by atoms with van der Waals surface area (Å²) in [7, 11) is 0. The summed E-state index contributed by atoms with van der Waals surface area (Å²) in [6.45, 7) is 2.27. The zero-order valence-electron chi connectivity index (χ0n) is 7.53. The third-order valence-electron chi connectivity index (χ3n) is 3.32. The Labute approximate surface area is 69.7 Å². The van der Waals surface area contributed by atoms with Gasteiger partial charge in [0.05, 0.1) is 0 Å². The molecule has 0 atom stereocenters. The van der Waals surface area contributed by atoms with Crippen LogP contribution in [0.15, 0.2) is 11.6 Å². The first-order chi connectivity index (χ1) is 5.37. The van der Waals surface area contributed by atoms with E-state index in [-0.39, 0.29) is 0 Å². The van der Waals surface area contributed by atoms with Gasteiger partial charge in [0.1, 0.15) is 0 Å². The summed E-state index contributed by atoms with van der Waals surface area (Å²) in [4.78, 5) is 0. The van der Waals surface area contributed by atoms with Gasteiger partial charge in [-0.15, -0.1) is 0 Å². The van der Waals surface area contributed by atoms with Gasteiger partial charge in [-0.05, 0) is 43.9 Å². The van der Waals surface area contributed by atoms with Crippen LogP contribution in [0.1, 0.15) is 51.9 Å². The summed E-state index contributed by atoms with van der Waals surface area (Å²) in [6, 6.07) is 0. The van der Waals surface area contributed by atoms with Gasteiger partial charge in [-0.1, -0.05) is 25.0 Å². The van der Waals surface area contributed by atoms with E-state index in [0.717, 1.165) is 5.41 Å². The fourth-order valence-electron chi connectivity index (χ4n) is 2.40. The molecule has 0 bridgehead atoms. The number of unbranched alkanes of at least 4 members (excludes halogenated alkanes) is 1. The molecule has 2 saturated carbocycles. The van der Waals surface area contributed by atoms with Crippen molar-refractivity contribution in [3.8, 4) is 0 Å². The molecular weight excluding hydrogens is 132 g/mol. The van der Waals surface area contributed by atoms with E-state index < -0.39 is 0 Å². The second-order valence-electron chi connectivity index (χ2n) is 4.15. The lowest BCUT2D eigenvalue weighted by atomic mass is 9.98. The minimum Gasteiger partial charge on any atom is -0.0848 e. The van der Waals surface area contributed by atoms with Crippen LogP contribution in [0.5, 0.6) is 0 Å². The Kier molecular flexibility index (Phi) is 1.78. The summed E-state index contributed by atoms with van der Waals surface area (Å²) in [5.74, 6) is 0. The van der Waals surface area contributed by atoms with E-state index in [9.17, 15) is 0 Å². The van der Waals surface area contributed by atoms with E-state index in [2.05, 4.69) is 13.0 Å². The number of hydrogen-bond acceptors (Lipinski definition) is 0. The molecule has 0 heterocycles. The molecule has 62 valence electrons. The van der Waals surface area contributed by atoms with E-state index in [4.69, 9.17) is 0 Å². The Balaban J connectivity index is 2.01. The minimum absolute atomic E-state index is 0.773. The van der Waals surface area contributed by atoms with Gasteiger partial charge in [-0.3, -0.25) is 0 Å². The number of allylic oxidation sites excluding steroid dienone is 2. The van der Waals surface area contributed by atoms with Crippen molar-refractivity contribution in [3.05, 3.63) is 11.6 Å². The van der Waals surface area contributed by atoms with Crippen LogP contribution in [0.25, 0.3) is 0 Å². The molecule has 0 saturated heterocycles. The molecule has 0 heteroatoms. The molecule has 11 heavy (non-hydrogen) atoms. The van der Waals surface area contributed by atoms with Crippen LogP contribution in [0.3, 0.4) is 0 Å². The highest BCUT2D eigenvalue weighted by Crippen LogP contribution is 2.61. The van der Waals surface area contributed by atoms with E-state index in [1.54, 1.807) is 0 Å². The number of rotatable bonds is 2. The van der Waals surface area contributed by atoms with E-state index in [1.165, 1.54) is 44.9 Å². The van der Waals surface area contributed by atoms with Gasteiger partial charge in [-0.25, -0.2) is 0 Å². The minimum atomic E-state index is 0.773. The van der Waals surface area contributed by atoms with Crippen molar-refractivity contribution in [1.29, 1.82) is 0 Å². The van der Waals surface area contributed by atoms with Crippen molar-refractivity contribution in [1.82, 2.24) is 0 Å². The van der Waals surface area contributed by atoms with Gasteiger partial charge < -0.3 is 0 Å². The van der Waals surface area contributed by atoms with E-state index in [0.29, 0.717) is 0 Å². The summed E-state index contributed by atoms with van der Waals surface area (Å²) < 4.78 is 0. The Hall–Kier alpha value is -0.260. The zero-order chi connectivity index (χ0) is 7.73. The maximum absolute atomic E-state index is 2.53. The molecule has 0 nitrogen and oxygen atoms in total. The molecule has 2 rings (SSSR count). The molecule has 0 unspecified atom stereocenters. The molecule has 2 fully saturated rings. The van der Waals surface area contributed by atoms with Gasteiger partial charge in [0.2, 0.25) is 0 Å². The van der Waals surface area contributed by atoms with Gasteiger partial charge >= 0.3 is 0 Å². The first-order valence-electron chi connectivity index (χ1n) is 5.07. The Bertz CT molecular complexity index is 172. The lowest BCUT2D eigenvalue weighted by molar-refractivity contribution is 0.622. The summed E-state index contributed by atoms with van der Waals surface area (Å²) in [5, 5.41) is 0. The third-order valence-corrected chi connectivity index (χ3v) is 3.32. The van der Waals surface area contributed by atoms with Crippen molar-refractivity contribution >= 4 is 0 Å². The summed E-state index contributed by atoms with van der Waals surface area (Å²) in [6.07, 6.45) is 12.6. The fourth-order valence-corrected chi connectivity index (χ4v) is 2.40. The van der Waals surface area contributed by atoms with Crippen LogP contribution in [0, 0.1) is 5.41 Å². The Morgan fingerprint density at radius 1 is 1.36 bits per heavy atom. The SMILES string of the molecule is CCC/C=C1/CCCC12CC2. The maximum Gasteiger partial charge on any atom is -0.00873 e. The maximum atomic E-state index is 2.53. The lowest BCUT2D eigenvalue weighted by Crippen LogP contribution is -1.94. The van der Waals surface area contributed by atoms with Crippen LogP contribution < -0.4 is 0 Å². The largest absolute Gasteiger partial charge is 0.0848 e. The van der Waals surface area contributed by atoms with Gasteiger partial charge in [-0.2, -0.15) is 0 Å². The van der Waals surface area contributed by atoms with Gasteiger partial charge in [0.15, 0.2) is 0 Å². The Morgan fingerprint density at radius 3 is 2.82 bits per heavy atom. The molecule has 0 aromatic heterocycles. The standard InChI is InChI=1S/C11H18/c1-2-3-5-10-6-4-7-11(10)8-9-11/h5H,2-4,6-9H2,1H3/b10-5-. The zero-order valence-corrected chi connectivity index (χ0v) is 7.53. The average molecular weight is 150 g/mol. The van der Waals surface area contributed by atoms with Crippen LogP contribution in [0.4, 0.5) is 0 Å². The molecule has 0 aromatic carbocycles. The monoisotopic (exact) mass is 150 g/mol. The molecule has 2 aliphatic carbocycles. The predicted molar refractivity (Wildman–Crippen MR) is 48.5 cm³/mol. The normalized spacial score (nSPS) is 30.1. The molecule has 2 aliphatic rings. The molecule has 0 N–H and O–H groups in total. The molecule has 0 radical (unpaired) electrons. The molecular formula is C11H18. The van der Waals surface area contributed by atoms with Crippen molar-refractivity contribution in [3.63, 3.8) is 0 Å². The van der Waals surface area contributed by atoms with Crippen molar-refractivity contribution in [2.24, 2.45) is 5.41 Å². The highest BCUT2D eigenvalue weighted by atomic mass is 14.5. The van der Waals surface area contributed by atoms with Crippen LogP contribution in [0.2, 0.25) is 0 Å². The highest BCUT2D eigenvalue weighted by Gasteiger charge is 2.47. The van der Waals surface area contributed by atoms with Gasteiger partial charge in [0.25, 0.3) is 0 Å². The summed E-state index contributed by atoms with van der Waals surface area (Å²) in [5.41, 5.74) is 2.59. The first-order valence-corrected chi connectivity index (χ1v) is 5.07. The van der Waals surface area contributed by atoms with Crippen molar-refractivity contribution < 1.29 is 0 Å². The van der Waals surface area contributed by atoms with E-state index in [1.807, 2.05) is 5.57 Å². The molecule has 0 aliphatic heterocycles. The smallest absolute Gasteiger partial charge is 0.00873 e. The third kappa shape index (κ3) is 1.23. The van der Waals surface area contributed by atoms with Crippen molar-refractivity contribution in [2.75, 3.05) is 0 Å². The number of hydrogen-bond donors (Lipinski definition) is 0. The molecule has 0 aromatic rings. The van der Waals surface area contributed by atoms with Crippen LogP contribution in [-0.2, 0) is 0 Å². The Morgan fingerprint density at radius 2 is 2.18 bits per heavy atom. The predicted octanol–water partition coefficient (Wildman–Crippen LogP) is 3.68. The van der Waals surface area contributed by atoms with Crippen LogP contribution >= 0.6 is 0 Å². The second kappa shape index (κ2) is 2.66. The molecule has 1 spiro atoms.